The van der Waals surface area contributed by atoms with Crippen molar-refractivity contribution in [3.63, 3.8) is 0 Å². The maximum absolute atomic E-state index is 12.8. The SMILES string of the molecule is COc1cccc2c(C(=O)NCc3cccc(Cc4cccnc4)n3)nc(N)nc12. The molecule has 4 rings (SSSR count). The van der Waals surface area contributed by atoms with Crippen molar-refractivity contribution in [2.24, 2.45) is 0 Å². The monoisotopic (exact) mass is 400 g/mol. The van der Waals surface area contributed by atoms with Gasteiger partial charge in [-0.05, 0) is 29.8 Å². The van der Waals surface area contributed by atoms with Crippen LogP contribution in [0.15, 0.2) is 60.9 Å². The number of anilines is 1. The van der Waals surface area contributed by atoms with Gasteiger partial charge in [0.1, 0.15) is 17.0 Å². The molecule has 3 aromatic heterocycles. The molecule has 0 saturated carbocycles. The van der Waals surface area contributed by atoms with Crippen molar-refractivity contribution in [3.8, 4) is 5.75 Å². The van der Waals surface area contributed by atoms with Crippen LogP contribution in [-0.4, -0.2) is 33.0 Å². The highest BCUT2D eigenvalue weighted by Crippen LogP contribution is 2.26. The van der Waals surface area contributed by atoms with Gasteiger partial charge in [-0.2, -0.15) is 0 Å². The topological polar surface area (TPSA) is 116 Å². The van der Waals surface area contributed by atoms with Crippen molar-refractivity contribution in [1.29, 1.82) is 0 Å². The van der Waals surface area contributed by atoms with Crippen LogP contribution >= 0.6 is 0 Å². The van der Waals surface area contributed by atoms with Crippen molar-refractivity contribution in [3.05, 3.63) is 83.6 Å². The number of carbonyl (C=O) groups excluding carboxylic acids is 1. The van der Waals surface area contributed by atoms with E-state index in [0.29, 0.717) is 23.1 Å². The second-order valence-corrected chi connectivity index (χ2v) is 6.63. The van der Waals surface area contributed by atoms with E-state index in [0.717, 1.165) is 17.0 Å². The summed E-state index contributed by atoms with van der Waals surface area (Å²) in [7, 11) is 1.54. The summed E-state index contributed by atoms with van der Waals surface area (Å²) >= 11 is 0. The van der Waals surface area contributed by atoms with Gasteiger partial charge in [0.05, 0.1) is 19.3 Å². The second-order valence-electron chi connectivity index (χ2n) is 6.63. The molecule has 150 valence electrons. The summed E-state index contributed by atoms with van der Waals surface area (Å²) < 4.78 is 5.32. The fraction of sp³-hybridized carbons (Fsp3) is 0.136. The van der Waals surface area contributed by atoms with Crippen molar-refractivity contribution in [1.82, 2.24) is 25.3 Å². The minimum atomic E-state index is -0.359. The van der Waals surface area contributed by atoms with E-state index in [1.807, 2.05) is 36.5 Å². The highest BCUT2D eigenvalue weighted by Gasteiger charge is 2.16. The van der Waals surface area contributed by atoms with E-state index in [4.69, 9.17) is 10.5 Å². The highest BCUT2D eigenvalue weighted by molar-refractivity contribution is 6.05. The van der Waals surface area contributed by atoms with Gasteiger partial charge in [-0.15, -0.1) is 0 Å². The smallest absolute Gasteiger partial charge is 0.271 e. The molecule has 0 aliphatic heterocycles. The van der Waals surface area contributed by atoms with Gasteiger partial charge in [0.15, 0.2) is 0 Å². The lowest BCUT2D eigenvalue weighted by molar-refractivity contribution is 0.0947. The van der Waals surface area contributed by atoms with Gasteiger partial charge < -0.3 is 15.8 Å². The molecule has 3 N–H and O–H groups in total. The van der Waals surface area contributed by atoms with Gasteiger partial charge in [-0.25, -0.2) is 9.97 Å². The molecular weight excluding hydrogens is 380 g/mol. The molecule has 0 spiro atoms. The molecule has 0 atom stereocenters. The number of nitrogens with zero attached hydrogens (tertiary/aromatic N) is 4. The van der Waals surface area contributed by atoms with Crippen molar-refractivity contribution in [2.45, 2.75) is 13.0 Å². The van der Waals surface area contributed by atoms with Crippen LogP contribution in [0.1, 0.15) is 27.4 Å². The Morgan fingerprint density at radius 2 is 1.87 bits per heavy atom. The lowest BCUT2D eigenvalue weighted by Gasteiger charge is -2.10. The molecule has 3 heterocycles. The Morgan fingerprint density at radius 1 is 1.03 bits per heavy atom. The number of para-hydroxylation sites is 1. The zero-order valence-corrected chi connectivity index (χ0v) is 16.4. The van der Waals surface area contributed by atoms with Crippen LogP contribution in [-0.2, 0) is 13.0 Å². The molecule has 0 bridgehead atoms. The number of carbonyl (C=O) groups is 1. The van der Waals surface area contributed by atoms with Crippen LogP contribution < -0.4 is 15.8 Å². The first-order valence-electron chi connectivity index (χ1n) is 9.36. The fourth-order valence-electron chi connectivity index (χ4n) is 3.17. The summed E-state index contributed by atoms with van der Waals surface area (Å²) in [4.78, 5) is 29.9. The molecule has 0 aliphatic carbocycles. The molecule has 4 aromatic rings. The summed E-state index contributed by atoms with van der Waals surface area (Å²) in [5.41, 5.74) is 9.22. The Labute approximate surface area is 173 Å². The number of amides is 1. The zero-order chi connectivity index (χ0) is 20.9. The lowest BCUT2D eigenvalue weighted by atomic mass is 10.1. The average Bonchev–Trinajstić information content (AvgIpc) is 2.77. The summed E-state index contributed by atoms with van der Waals surface area (Å²) in [5, 5.41) is 3.43. The largest absolute Gasteiger partial charge is 0.494 e. The minimum Gasteiger partial charge on any atom is -0.494 e. The summed E-state index contributed by atoms with van der Waals surface area (Å²) in [5.74, 6) is 0.177. The Balaban J connectivity index is 1.52. The van der Waals surface area contributed by atoms with Crippen LogP contribution in [0, 0.1) is 0 Å². The third-order valence-corrected chi connectivity index (χ3v) is 4.54. The number of methoxy groups -OCH3 is 1. The second kappa shape index (κ2) is 8.52. The third kappa shape index (κ3) is 4.17. The summed E-state index contributed by atoms with van der Waals surface area (Å²) in [6.45, 7) is 0.259. The molecule has 8 nitrogen and oxygen atoms in total. The van der Waals surface area contributed by atoms with E-state index in [9.17, 15) is 4.79 Å². The van der Waals surface area contributed by atoms with Crippen LogP contribution in [0.2, 0.25) is 0 Å². The number of pyridine rings is 2. The van der Waals surface area contributed by atoms with E-state index >= 15 is 0 Å². The average molecular weight is 400 g/mol. The molecule has 0 unspecified atom stereocenters. The predicted octanol–water partition coefficient (Wildman–Crippen LogP) is 2.53. The molecule has 30 heavy (non-hydrogen) atoms. The van der Waals surface area contributed by atoms with E-state index in [1.165, 1.54) is 7.11 Å². The number of nitrogen functional groups attached to an aromatic ring is 1. The van der Waals surface area contributed by atoms with Gasteiger partial charge in [-0.3, -0.25) is 14.8 Å². The Kier molecular flexibility index (Phi) is 5.47. The fourth-order valence-corrected chi connectivity index (χ4v) is 3.17. The Hall–Kier alpha value is -4.07. The molecule has 1 aromatic carbocycles. The standard InChI is InChI=1S/C22H20N6O2/c1-30-18-9-3-8-17-19(18)27-22(23)28-20(17)21(29)25-13-16-7-2-6-15(26-16)11-14-5-4-10-24-12-14/h2-10,12H,11,13H2,1H3,(H,25,29)(H2,23,27,28). The number of hydrogen-bond donors (Lipinski definition) is 2. The predicted molar refractivity (Wildman–Crippen MR) is 113 cm³/mol. The van der Waals surface area contributed by atoms with E-state index in [-0.39, 0.29) is 24.1 Å². The number of ether oxygens (including phenoxy) is 1. The first-order valence-corrected chi connectivity index (χ1v) is 9.36. The van der Waals surface area contributed by atoms with E-state index in [2.05, 4.69) is 25.3 Å². The van der Waals surface area contributed by atoms with E-state index in [1.54, 1.807) is 24.4 Å². The van der Waals surface area contributed by atoms with Crippen LogP contribution in [0.3, 0.4) is 0 Å². The Bertz CT molecular complexity index is 1200. The van der Waals surface area contributed by atoms with Crippen LogP contribution in [0.5, 0.6) is 5.75 Å². The van der Waals surface area contributed by atoms with Crippen molar-refractivity contribution in [2.75, 3.05) is 12.8 Å². The zero-order valence-electron chi connectivity index (χ0n) is 16.4. The first kappa shape index (κ1) is 19.3. The Morgan fingerprint density at radius 3 is 2.67 bits per heavy atom. The van der Waals surface area contributed by atoms with Crippen LogP contribution in [0.4, 0.5) is 5.95 Å². The molecule has 8 heteroatoms. The number of hydrogen-bond acceptors (Lipinski definition) is 7. The highest BCUT2D eigenvalue weighted by atomic mass is 16.5. The molecule has 0 radical (unpaired) electrons. The number of nitrogens with one attached hydrogen (secondary N) is 1. The quantitative estimate of drug-likeness (QED) is 0.511. The number of benzene rings is 1. The van der Waals surface area contributed by atoms with Gasteiger partial charge in [0.2, 0.25) is 5.95 Å². The molecular formula is C22H20N6O2. The normalized spacial score (nSPS) is 10.7. The summed E-state index contributed by atoms with van der Waals surface area (Å²) in [6.07, 6.45) is 4.22. The van der Waals surface area contributed by atoms with Gasteiger partial charge in [0, 0.05) is 29.9 Å². The van der Waals surface area contributed by atoms with Gasteiger partial charge in [0.25, 0.3) is 5.91 Å². The number of nitrogens with two attached hydrogens (primary N) is 1. The molecule has 0 saturated heterocycles. The molecule has 1 amide bonds. The van der Waals surface area contributed by atoms with Gasteiger partial charge >= 0.3 is 0 Å². The third-order valence-electron chi connectivity index (χ3n) is 4.54. The summed E-state index contributed by atoms with van der Waals surface area (Å²) in [6, 6.07) is 14.9. The van der Waals surface area contributed by atoms with Crippen molar-refractivity contribution >= 4 is 22.8 Å². The maximum Gasteiger partial charge on any atom is 0.271 e. The molecule has 0 aliphatic rings. The maximum atomic E-state index is 12.8. The number of rotatable bonds is 6. The lowest BCUT2D eigenvalue weighted by Crippen LogP contribution is -2.25. The number of aromatic nitrogens is 4. The van der Waals surface area contributed by atoms with Crippen molar-refractivity contribution < 1.29 is 9.53 Å². The molecule has 0 fully saturated rings. The minimum absolute atomic E-state index is 0.00810. The first-order chi connectivity index (χ1) is 14.6. The van der Waals surface area contributed by atoms with E-state index < -0.39 is 0 Å². The van der Waals surface area contributed by atoms with Gasteiger partial charge in [-0.1, -0.05) is 24.3 Å². The van der Waals surface area contributed by atoms with Crippen LogP contribution in [0.25, 0.3) is 10.9 Å². The number of fused-ring (bicyclic) bond motifs is 1.